The first-order chi connectivity index (χ1) is 12.9. The number of aromatic nitrogens is 2. The number of oxazole rings is 1. The minimum atomic E-state index is 0.668. The molecule has 0 fully saturated rings. The van der Waals surface area contributed by atoms with E-state index in [0.29, 0.717) is 5.89 Å². The summed E-state index contributed by atoms with van der Waals surface area (Å²) in [4.78, 5) is 8.34. The number of nitrogens with zero attached hydrogens (tertiary/aromatic N) is 1. The Morgan fingerprint density at radius 1 is 0.846 bits per heavy atom. The number of fused-ring (bicyclic) bond motifs is 7. The largest absolute Gasteiger partial charge is 0.434 e. The fourth-order valence-corrected chi connectivity index (χ4v) is 4.14. The average Bonchev–Trinajstić information content (AvgIpc) is 3.30. The molecule has 0 bridgehead atoms. The molecule has 5 aromatic rings. The van der Waals surface area contributed by atoms with Gasteiger partial charge in [-0.2, -0.15) is 0 Å². The highest BCUT2D eigenvalue weighted by Gasteiger charge is 2.22. The van der Waals surface area contributed by atoms with E-state index in [-0.39, 0.29) is 0 Å². The van der Waals surface area contributed by atoms with Gasteiger partial charge in [0.15, 0.2) is 5.58 Å². The van der Waals surface area contributed by atoms with Gasteiger partial charge in [-0.15, -0.1) is 0 Å². The summed E-state index contributed by atoms with van der Waals surface area (Å²) >= 11 is 0. The standard InChI is InChI=1S/C23H16N2O/c1-2-7-15(8-3-1)23-24-19-13-12-18-17-11-10-14-6-4-5-9-16(14)20(17)25-21(18)22(19)26-23/h1-9,12-13,25H,10-11H2. The second kappa shape index (κ2) is 5.09. The van der Waals surface area contributed by atoms with Crippen molar-refractivity contribution >= 4 is 22.0 Å². The van der Waals surface area contributed by atoms with Gasteiger partial charge >= 0.3 is 0 Å². The summed E-state index contributed by atoms with van der Waals surface area (Å²) in [5, 5.41) is 1.25. The summed E-state index contributed by atoms with van der Waals surface area (Å²) in [6, 6.07) is 23.0. The molecule has 1 N–H and O–H groups in total. The van der Waals surface area contributed by atoms with Crippen LogP contribution >= 0.6 is 0 Å². The van der Waals surface area contributed by atoms with Crippen LogP contribution in [0.25, 0.3) is 44.7 Å². The molecule has 0 atom stereocenters. The van der Waals surface area contributed by atoms with Gasteiger partial charge in [0.25, 0.3) is 0 Å². The smallest absolute Gasteiger partial charge is 0.227 e. The molecule has 1 aliphatic rings. The molecular weight excluding hydrogens is 320 g/mol. The van der Waals surface area contributed by atoms with E-state index in [2.05, 4.69) is 41.4 Å². The lowest BCUT2D eigenvalue weighted by atomic mass is 9.89. The zero-order valence-corrected chi connectivity index (χ0v) is 14.1. The number of aromatic amines is 1. The van der Waals surface area contributed by atoms with Crippen molar-refractivity contribution in [2.45, 2.75) is 12.8 Å². The zero-order valence-electron chi connectivity index (χ0n) is 14.1. The molecule has 0 amide bonds. The quantitative estimate of drug-likeness (QED) is 0.424. The molecule has 0 radical (unpaired) electrons. The molecule has 3 aromatic carbocycles. The molecule has 0 aliphatic heterocycles. The Morgan fingerprint density at radius 3 is 2.62 bits per heavy atom. The lowest BCUT2D eigenvalue weighted by Gasteiger charge is -2.16. The summed E-state index contributed by atoms with van der Waals surface area (Å²) in [5.74, 6) is 0.668. The Kier molecular flexibility index (Phi) is 2.72. The highest BCUT2D eigenvalue weighted by molar-refractivity contribution is 6.06. The number of hydrogen-bond acceptors (Lipinski definition) is 2. The lowest BCUT2D eigenvalue weighted by molar-refractivity contribution is 0.622. The zero-order chi connectivity index (χ0) is 17.1. The molecule has 0 saturated heterocycles. The fourth-order valence-electron chi connectivity index (χ4n) is 4.14. The third kappa shape index (κ3) is 1.85. The molecule has 2 aromatic heterocycles. The monoisotopic (exact) mass is 336 g/mol. The topological polar surface area (TPSA) is 41.8 Å². The Labute approximate surface area is 150 Å². The van der Waals surface area contributed by atoms with Gasteiger partial charge in [-0.05, 0) is 42.2 Å². The van der Waals surface area contributed by atoms with E-state index in [4.69, 9.17) is 9.40 Å². The van der Waals surface area contributed by atoms with E-state index in [0.717, 1.165) is 35.0 Å². The SMILES string of the molecule is c1ccc(-c2nc3ccc4c5c([nH]c4c3o2)-c2ccccc2CC5)cc1. The van der Waals surface area contributed by atoms with Crippen LogP contribution in [0.15, 0.2) is 71.1 Å². The maximum absolute atomic E-state index is 6.19. The highest BCUT2D eigenvalue weighted by atomic mass is 16.3. The second-order valence-corrected chi connectivity index (χ2v) is 6.86. The molecule has 2 heterocycles. The van der Waals surface area contributed by atoms with Crippen molar-refractivity contribution in [2.75, 3.05) is 0 Å². The predicted octanol–water partition coefficient (Wildman–Crippen LogP) is 5.74. The Morgan fingerprint density at radius 2 is 1.69 bits per heavy atom. The molecule has 1 aliphatic carbocycles. The van der Waals surface area contributed by atoms with E-state index in [9.17, 15) is 0 Å². The van der Waals surface area contributed by atoms with Crippen LogP contribution in [-0.2, 0) is 12.8 Å². The summed E-state index contributed by atoms with van der Waals surface area (Å²) in [6.45, 7) is 0. The van der Waals surface area contributed by atoms with E-state index in [1.807, 2.05) is 30.3 Å². The number of benzene rings is 3. The number of rotatable bonds is 1. The van der Waals surface area contributed by atoms with Gasteiger partial charge < -0.3 is 9.40 Å². The number of nitrogens with one attached hydrogen (secondary N) is 1. The molecule has 0 spiro atoms. The van der Waals surface area contributed by atoms with Crippen LogP contribution in [0.3, 0.4) is 0 Å². The van der Waals surface area contributed by atoms with Crippen LogP contribution in [0.1, 0.15) is 11.1 Å². The van der Waals surface area contributed by atoms with Crippen molar-refractivity contribution in [1.82, 2.24) is 9.97 Å². The number of H-pyrrole nitrogens is 1. The summed E-state index contributed by atoms with van der Waals surface area (Å²) in [7, 11) is 0. The van der Waals surface area contributed by atoms with Crippen LogP contribution in [0.5, 0.6) is 0 Å². The molecule has 124 valence electrons. The van der Waals surface area contributed by atoms with E-state index < -0.39 is 0 Å². The van der Waals surface area contributed by atoms with Gasteiger partial charge in [0.1, 0.15) is 5.52 Å². The fraction of sp³-hybridized carbons (Fsp3) is 0.0870. The van der Waals surface area contributed by atoms with Crippen molar-refractivity contribution in [2.24, 2.45) is 0 Å². The Hall–Kier alpha value is -3.33. The summed E-state index contributed by atoms with van der Waals surface area (Å²) in [6.07, 6.45) is 2.14. The molecule has 0 saturated carbocycles. The van der Waals surface area contributed by atoms with Crippen LogP contribution < -0.4 is 0 Å². The second-order valence-electron chi connectivity index (χ2n) is 6.86. The van der Waals surface area contributed by atoms with Crippen LogP contribution in [-0.4, -0.2) is 9.97 Å². The first-order valence-electron chi connectivity index (χ1n) is 8.96. The van der Waals surface area contributed by atoms with E-state index in [1.54, 1.807) is 0 Å². The van der Waals surface area contributed by atoms with Gasteiger partial charge in [0.2, 0.25) is 5.89 Å². The summed E-state index contributed by atoms with van der Waals surface area (Å²) in [5.41, 5.74) is 9.12. The predicted molar refractivity (Wildman–Crippen MR) is 104 cm³/mol. The van der Waals surface area contributed by atoms with Gasteiger partial charge in [0.05, 0.1) is 11.2 Å². The molecule has 3 nitrogen and oxygen atoms in total. The maximum Gasteiger partial charge on any atom is 0.227 e. The van der Waals surface area contributed by atoms with Crippen molar-refractivity contribution in [3.63, 3.8) is 0 Å². The number of hydrogen-bond donors (Lipinski definition) is 1. The Bertz CT molecular complexity index is 1280. The van der Waals surface area contributed by atoms with Crippen molar-refractivity contribution in [3.8, 4) is 22.7 Å². The first-order valence-corrected chi connectivity index (χ1v) is 8.96. The van der Waals surface area contributed by atoms with Crippen LogP contribution in [0.2, 0.25) is 0 Å². The minimum absolute atomic E-state index is 0.668. The molecule has 3 heteroatoms. The van der Waals surface area contributed by atoms with Crippen molar-refractivity contribution < 1.29 is 4.42 Å². The van der Waals surface area contributed by atoms with Gasteiger partial charge in [0, 0.05) is 16.5 Å². The third-order valence-electron chi connectivity index (χ3n) is 5.39. The average molecular weight is 336 g/mol. The van der Waals surface area contributed by atoms with E-state index >= 15 is 0 Å². The summed E-state index contributed by atoms with van der Waals surface area (Å²) < 4.78 is 6.19. The first kappa shape index (κ1) is 13.9. The molecule has 0 unspecified atom stereocenters. The van der Waals surface area contributed by atoms with Crippen molar-refractivity contribution in [1.29, 1.82) is 0 Å². The van der Waals surface area contributed by atoms with E-state index in [1.165, 1.54) is 27.8 Å². The molecule has 6 rings (SSSR count). The van der Waals surface area contributed by atoms with Crippen LogP contribution in [0, 0.1) is 0 Å². The normalized spacial score (nSPS) is 13.1. The minimum Gasteiger partial charge on any atom is -0.434 e. The molecular formula is C23H16N2O. The molecule has 26 heavy (non-hydrogen) atoms. The Balaban J connectivity index is 1.64. The van der Waals surface area contributed by atoms with Gasteiger partial charge in [-0.1, -0.05) is 48.5 Å². The van der Waals surface area contributed by atoms with Gasteiger partial charge in [-0.3, -0.25) is 0 Å². The van der Waals surface area contributed by atoms with Crippen LogP contribution in [0.4, 0.5) is 0 Å². The lowest BCUT2D eigenvalue weighted by Crippen LogP contribution is -2.02. The maximum atomic E-state index is 6.19. The van der Waals surface area contributed by atoms with Gasteiger partial charge in [-0.25, -0.2) is 4.98 Å². The highest BCUT2D eigenvalue weighted by Crippen LogP contribution is 2.40. The third-order valence-corrected chi connectivity index (χ3v) is 5.39. The number of aryl methyl sites for hydroxylation is 2. The van der Waals surface area contributed by atoms with Crippen molar-refractivity contribution in [3.05, 3.63) is 77.9 Å².